The second-order valence-corrected chi connectivity index (χ2v) is 4.64. The van der Waals surface area contributed by atoms with E-state index >= 15 is 0 Å². The highest BCUT2D eigenvalue weighted by atomic mass is 16.7. The topological polar surface area (TPSA) is 52.6 Å². The maximum Gasteiger partial charge on any atom is 0.231 e. The van der Waals surface area contributed by atoms with Crippen molar-refractivity contribution < 1.29 is 14.2 Å². The number of hydrogen-bond acceptors (Lipinski definition) is 5. The first-order valence-corrected chi connectivity index (χ1v) is 6.90. The van der Waals surface area contributed by atoms with Crippen LogP contribution in [0.4, 0.5) is 0 Å². The Morgan fingerprint density at radius 2 is 2.10 bits per heavy atom. The molecule has 0 radical (unpaired) electrons. The summed E-state index contributed by atoms with van der Waals surface area (Å²) in [5.41, 5.74) is 0. The number of fused-ring (bicyclic) bond motifs is 2. The number of benzene rings is 1. The van der Waals surface area contributed by atoms with Crippen LogP contribution < -0.4 is 19.5 Å². The van der Waals surface area contributed by atoms with Gasteiger partial charge in [-0.25, -0.2) is 4.98 Å². The Bertz CT molecular complexity index is 601. The standard InChI is InChI=1S/C15H18N2O3/c1-2-4-16-6-7-18-15-12-9-14-13(19-10-20-14)8-11(12)3-5-17-15/h3,5,8-9,16H,2,4,6-7,10H2,1H3. The van der Waals surface area contributed by atoms with Gasteiger partial charge in [-0.2, -0.15) is 0 Å². The van der Waals surface area contributed by atoms with E-state index in [1.807, 2.05) is 18.2 Å². The molecule has 0 saturated carbocycles. The van der Waals surface area contributed by atoms with Gasteiger partial charge < -0.3 is 19.5 Å². The Labute approximate surface area is 117 Å². The third kappa shape index (κ3) is 2.63. The summed E-state index contributed by atoms with van der Waals surface area (Å²) in [5.74, 6) is 2.16. The molecule has 0 fully saturated rings. The van der Waals surface area contributed by atoms with Crippen LogP contribution in [0, 0.1) is 0 Å². The zero-order chi connectivity index (χ0) is 13.8. The number of pyridine rings is 1. The van der Waals surface area contributed by atoms with Gasteiger partial charge in [0.2, 0.25) is 12.7 Å². The Hall–Kier alpha value is -2.01. The normalized spacial score (nSPS) is 12.8. The van der Waals surface area contributed by atoms with Crippen molar-refractivity contribution in [3.05, 3.63) is 24.4 Å². The van der Waals surface area contributed by atoms with Crippen LogP contribution in [0.3, 0.4) is 0 Å². The van der Waals surface area contributed by atoms with Gasteiger partial charge in [0, 0.05) is 18.1 Å². The lowest BCUT2D eigenvalue weighted by molar-refractivity contribution is 0.174. The Kier molecular flexibility index (Phi) is 3.87. The lowest BCUT2D eigenvalue weighted by Crippen LogP contribution is -2.21. The first-order valence-electron chi connectivity index (χ1n) is 6.90. The van der Waals surface area contributed by atoms with Crippen LogP contribution in [-0.2, 0) is 0 Å². The number of ether oxygens (including phenoxy) is 3. The lowest BCUT2D eigenvalue weighted by atomic mass is 10.1. The molecule has 1 aliphatic heterocycles. The van der Waals surface area contributed by atoms with Crippen molar-refractivity contribution in [2.24, 2.45) is 0 Å². The fourth-order valence-corrected chi connectivity index (χ4v) is 2.17. The van der Waals surface area contributed by atoms with E-state index in [0.29, 0.717) is 12.5 Å². The van der Waals surface area contributed by atoms with E-state index in [9.17, 15) is 0 Å². The minimum atomic E-state index is 0.274. The van der Waals surface area contributed by atoms with Gasteiger partial charge in [-0.3, -0.25) is 0 Å². The van der Waals surface area contributed by atoms with Crippen molar-refractivity contribution in [3.63, 3.8) is 0 Å². The molecule has 0 unspecified atom stereocenters. The molecule has 1 aliphatic rings. The van der Waals surface area contributed by atoms with Crippen LogP contribution >= 0.6 is 0 Å². The summed E-state index contributed by atoms with van der Waals surface area (Å²) in [4.78, 5) is 4.30. The van der Waals surface area contributed by atoms with Crippen LogP contribution in [0.2, 0.25) is 0 Å². The highest BCUT2D eigenvalue weighted by Gasteiger charge is 2.16. The summed E-state index contributed by atoms with van der Waals surface area (Å²) in [6.45, 7) is 4.83. The Balaban J connectivity index is 1.77. The zero-order valence-corrected chi connectivity index (χ0v) is 11.5. The summed E-state index contributed by atoms with van der Waals surface area (Å²) in [5, 5.41) is 5.29. The molecule has 1 N–H and O–H groups in total. The fourth-order valence-electron chi connectivity index (χ4n) is 2.17. The summed E-state index contributed by atoms with van der Waals surface area (Å²) in [7, 11) is 0. The molecule has 2 aromatic rings. The molecule has 0 bridgehead atoms. The molecule has 1 aromatic heterocycles. The van der Waals surface area contributed by atoms with Crippen LogP contribution in [0.5, 0.6) is 17.4 Å². The second kappa shape index (κ2) is 5.96. The monoisotopic (exact) mass is 274 g/mol. The van der Waals surface area contributed by atoms with Crippen molar-refractivity contribution >= 4 is 10.8 Å². The van der Waals surface area contributed by atoms with Gasteiger partial charge in [0.15, 0.2) is 11.5 Å². The molecule has 0 saturated heterocycles. The largest absolute Gasteiger partial charge is 0.476 e. The van der Waals surface area contributed by atoms with Crippen LogP contribution in [0.25, 0.3) is 10.8 Å². The van der Waals surface area contributed by atoms with E-state index in [-0.39, 0.29) is 6.79 Å². The number of aromatic nitrogens is 1. The van der Waals surface area contributed by atoms with Gasteiger partial charge in [-0.1, -0.05) is 6.92 Å². The molecular weight excluding hydrogens is 256 g/mol. The molecule has 5 nitrogen and oxygen atoms in total. The van der Waals surface area contributed by atoms with Crippen molar-refractivity contribution in [2.75, 3.05) is 26.5 Å². The Morgan fingerprint density at radius 3 is 2.95 bits per heavy atom. The second-order valence-electron chi connectivity index (χ2n) is 4.64. The minimum absolute atomic E-state index is 0.274. The molecule has 5 heteroatoms. The number of hydrogen-bond donors (Lipinski definition) is 1. The minimum Gasteiger partial charge on any atom is -0.476 e. The summed E-state index contributed by atoms with van der Waals surface area (Å²) >= 11 is 0. The molecule has 2 heterocycles. The zero-order valence-electron chi connectivity index (χ0n) is 11.5. The van der Waals surface area contributed by atoms with E-state index in [0.717, 1.165) is 41.8 Å². The highest BCUT2D eigenvalue weighted by Crippen LogP contribution is 2.38. The molecule has 0 amide bonds. The summed E-state index contributed by atoms with van der Waals surface area (Å²) in [6.07, 6.45) is 2.87. The third-order valence-electron chi connectivity index (χ3n) is 3.17. The van der Waals surface area contributed by atoms with Crippen LogP contribution in [-0.4, -0.2) is 31.5 Å². The predicted octanol–water partition coefficient (Wildman–Crippen LogP) is 2.34. The maximum absolute atomic E-state index is 5.76. The van der Waals surface area contributed by atoms with Crippen LogP contribution in [0.15, 0.2) is 24.4 Å². The van der Waals surface area contributed by atoms with E-state index < -0.39 is 0 Å². The van der Waals surface area contributed by atoms with Crippen molar-refractivity contribution in [2.45, 2.75) is 13.3 Å². The first kappa shape index (κ1) is 13.0. The van der Waals surface area contributed by atoms with Gasteiger partial charge in [-0.15, -0.1) is 0 Å². The van der Waals surface area contributed by atoms with Crippen molar-refractivity contribution in [1.82, 2.24) is 10.3 Å². The van der Waals surface area contributed by atoms with Gasteiger partial charge in [0.05, 0.1) is 0 Å². The van der Waals surface area contributed by atoms with E-state index in [4.69, 9.17) is 14.2 Å². The van der Waals surface area contributed by atoms with E-state index in [2.05, 4.69) is 17.2 Å². The fraction of sp³-hybridized carbons (Fsp3) is 0.400. The molecule has 0 aliphatic carbocycles. The molecule has 1 aromatic carbocycles. The maximum atomic E-state index is 5.76. The van der Waals surface area contributed by atoms with E-state index in [1.54, 1.807) is 6.20 Å². The van der Waals surface area contributed by atoms with Crippen molar-refractivity contribution in [1.29, 1.82) is 0 Å². The van der Waals surface area contributed by atoms with Gasteiger partial charge in [0.1, 0.15) is 6.61 Å². The average molecular weight is 274 g/mol. The number of rotatable bonds is 6. The predicted molar refractivity (Wildman–Crippen MR) is 76.5 cm³/mol. The van der Waals surface area contributed by atoms with Crippen LogP contribution in [0.1, 0.15) is 13.3 Å². The van der Waals surface area contributed by atoms with Gasteiger partial charge in [-0.05, 0) is 36.6 Å². The first-order chi connectivity index (χ1) is 9.88. The average Bonchev–Trinajstić information content (AvgIpc) is 2.92. The molecule has 0 spiro atoms. The van der Waals surface area contributed by atoms with Gasteiger partial charge >= 0.3 is 0 Å². The summed E-state index contributed by atoms with van der Waals surface area (Å²) in [6, 6.07) is 5.83. The molecular formula is C15H18N2O3. The SMILES string of the molecule is CCCNCCOc1nccc2cc3c(cc12)OCO3. The quantitative estimate of drug-likeness (QED) is 0.819. The molecule has 3 rings (SSSR count). The lowest BCUT2D eigenvalue weighted by Gasteiger charge is -2.09. The smallest absolute Gasteiger partial charge is 0.231 e. The van der Waals surface area contributed by atoms with E-state index in [1.165, 1.54) is 0 Å². The summed E-state index contributed by atoms with van der Waals surface area (Å²) < 4.78 is 16.5. The molecule has 0 atom stereocenters. The van der Waals surface area contributed by atoms with Crippen molar-refractivity contribution in [3.8, 4) is 17.4 Å². The third-order valence-corrected chi connectivity index (χ3v) is 3.17. The number of nitrogens with zero attached hydrogens (tertiary/aromatic N) is 1. The highest BCUT2D eigenvalue weighted by molar-refractivity contribution is 5.90. The molecule has 106 valence electrons. The Morgan fingerprint density at radius 1 is 1.25 bits per heavy atom. The molecule has 20 heavy (non-hydrogen) atoms. The van der Waals surface area contributed by atoms with Gasteiger partial charge in [0.25, 0.3) is 0 Å². The number of nitrogens with one attached hydrogen (secondary N) is 1.